The monoisotopic (exact) mass is 570 g/mol. The SMILES string of the molecule is CN(C)c1cc(CNC(=O)C(C)(C)C)c(O)c2c1C[C@H]1C[C@H]3[C@H](N(C)C)C(=O)C(C(N)=O)C(=O)[C@@]3(O)C(=O)C1C2=O. The number of phenols is 1. The number of fused-ring (bicyclic) bond motifs is 3. The maximum Gasteiger partial charge on any atom is 0.235 e. The number of aliphatic hydroxyl groups is 1. The molecule has 0 radical (unpaired) electrons. The number of ketones is 4. The number of hydrogen-bond acceptors (Lipinski definition) is 10. The van der Waals surface area contributed by atoms with Crippen molar-refractivity contribution in [3.05, 3.63) is 22.8 Å². The molecule has 0 spiro atoms. The quantitative estimate of drug-likeness (QED) is 0.339. The summed E-state index contributed by atoms with van der Waals surface area (Å²) in [5, 5.41) is 25.7. The molecule has 2 fully saturated rings. The largest absolute Gasteiger partial charge is 0.507 e. The predicted molar refractivity (Wildman–Crippen MR) is 147 cm³/mol. The van der Waals surface area contributed by atoms with Crippen LogP contribution in [0.1, 0.15) is 48.7 Å². The molecule has 41 heavy (non-hydrogen) atoms. The Morgan fingerprint density at radius 3 is 2.22 bits per heavy atom. The fourth-order valence-electron chi connectivity index (χ4n) is 6.68. The first kappa shape index (κ1) is 30.3. The molecule has 222 valence electrons. The number of amides is 2. The molecular formula is C29H38N4O8. The first-order valence-corrected chi connectivity index (χ1v) is 13.5. The fraction of sp³-hybridized carbons (Fsp3) is 0.586. The predicted octanol–water partition coefficient (Wildman–Crippen LogP) is -0.405. The Morgan fingerprint density at radius 1 is 1.10 bits per heavy atom. The lowest BCUT2D eigenvalue weighted by Gasteiger charge is -2.52. The van der Waals surface area contributed by atoms with Crippen LogP contribution in [0.15, 0.2) is 6.07 Å². The van der Waals surface area contributed by atoms with E-state index in [1.165, 1.54) is 19.0 Å². The zero-order valence-electron chi connectivity index (χ0n) is 24.4. The molecule has 2 saturated carbocycles. The number of nitrogens with one attached hydrogen (secondary N) is 1. The van der Waals surface area contributed by atoms with Crippen molar-refractivity contribution < 1.29 is 39.0 Å². The summed E-state index contributed by atoms with van der Waals surface area (Å²) in [4.78, 5) is 82.5. The second-order valence-corrected chi connectivity index (χ2v) is 12.9. The first-order valence-electron chi connectivity index (χ1n) is 13.5. The van der Waals surface area contributed by atoms with Crippen LogP contribution in [0.3, 0.4) is 0 Å². The molecule has 12 nitrogen and oxygen atoms in total. The van der Waals surface area contributed by atoms with Crippen molar-refractivity contribution in [3.63, 3.8) is 0 Å². The molecule has 0 aromatic heterocycles. The molecular weight excluding hydrogens is 532 g/mol. The van der Waals surface area contributed by atoms with E-state index in [1.54, 1.807) is 45.8 Å². The lowest BCUT2D eigenvalue weighted by atomic mass is 9.52. The Hall–Kier alpha value is -3.64. The van der Waals surface area contributed by atoms with E-state index in [0.29, 0.717) is 11.3 Å². The summed E-state index contributed by atoms with van der Waals surface area (Å²) in [6, 6.07) is 0.520. The number of anilines is 1. The Bertz CT molecular complexity index is 1380. The van der Waals surface area contributed by atoms with Crippen LogP contribution in [0.4, 0.5) is 5.69 Å². The second kappa shape index (κ2) is 10.0. The Labute approximate surface area is 238 Å². The van der Waals surface area contributed by atoms with Crippen LogP contribution >= 0.6 is 0 Å². The minimum Gasteiger partial charge on any atom is -0.507 e. The highest BCUT2D eigenvalue weighted by molar-refractivity contribution is 6.32. The Kier molecular flexibility index (Phi) is 7.41. The van der Waals surface area contributed by atoms with E-state index in [4.69, 9.17) is 5.73 Å². The third kappa shape index (κ3) is 4.53. The summed E-state index contributed by atoms with van der Waals surface area (Å²) < 4.78 is 0. The smallest absolute Gasteiger partial charge is 0.235 e. The number of likely N-dealkylation sites (N-methyl/N-ethyl adjacent to an activating group) is 1. The minimum absolute atomic E-state index is 0.0269. The summed E-state index contributed by atoms with van der Waals surface area (Å²) in [5.74, 6) is -11.3. The van der Waals surface area contributed by atoms with E-state index in [9.17, 15) is 39.0 Å². The van der Waals surface area contributed by atoms with Crippen LogP contribution in [0.5, 0.6) is 5.75 Å². The molecule has 0 heterocycles. The maximum absolute atomic E-state index is 14.0. The van der Waals surface area contributed by atoms with Crippen molar-refractivity contribution in [1.29, 1.82) is 0 Å². The highest BCUT2D eigenvalue weighted by atomic mass is 16.3. The van der Waals surface area contributed by atoms with Gasteiger partial charge >= 0.3 is 0 Å². The van der Waals surface area contributed by atoms with E-state index in [-0.39, 0.29) is 36.4 Å². The number of nitrogens with zero attached hydrogens (tertiary/aromatic N) is 2. The number of carbonyl (C=O) groups is 6. The van der Waals surface area contributed by atoms with E-state index in [0.717, 1.165) is 0 Å². The van der Waals surface area contributed by atoms with Crippen molar-refractivity contribution in [2.24, 2.45) is 34.8 Å². The van der Waals surface area contributed by atoms with E-state index >= 15 is 0 Å². The number of phenolic OH excluding ortho intramolecular Hbond substituents is 1. The summed E-state index contributed by atoms with van der Waals surface area (Å²) in [5.41, 5.74) is 3.13. The van der Waals surface area contributed by atoms with E-state index in [1.807, 2.05) is 0 Å². The van der Waals surface area contributed by atoms with Crippen LogP contribution < -0.4 is 16.0 Å². The number of aromatic hydroxyl groups is 1. The third-order valence-corrected chi connectivity index (χ3v) is 8.72. The van der Waals surface area contributed by atoms with Crippen molar-refractivity contribution >= 4 is 40.6 Å². The fourth-order valence-corrected chi connectivity index (χ4v) is 6.68. The van der Waals surface area contributed by atoms with Gasteiger partial charge in [-0.3, -0.25) is 33.7 Å². The molecule has 5 N–H and O–H groups in total. The van der Waals surface area contributed by atoms with Crippen LogP contribution in [0.25, 0.3) is 0 Å². The molecule has 2 unspecified atom stereocenters. The summed E-state index contributed by atoms with van der Waals surface area (Å²) in [6.07, 6.45) is 0.127. The Morgan fingerprint density at radius 2 is 1.71 bits per heavy atom. The lowest BCUT2D eigenvalue weighted by Crippen LogP contribution is -2.74. The number of nitrogens with two attached hydrogens (primary N) is 1. The molecule has 1 aromatic carbocycles. The van der Waals surface area contributed by atoms with Crippen LogP contribution in [0.2, 0.25) is 0 Å². The molecule has 4 rings (SSSR count). The van der Waals surface area contributed by atoms with Crippen molar-refractivity contribution in [1.82, 2.24) is 10.2 Å². The number of carbonyl (C=O) groups excluding carboxylic acids is 6. The zero-order valence-corrected chi connectivity index (χ0v) is 24.4. The molecule has 2 amide bonds. The van der Waals surface area contributed by atoms with Gasteiger partial charge in [0.15, 0.2) is 34.7 Å². The molecule has 3 aliphatic carbocycles. The van der Waals surface area contributed by atoms with E-state index in [2.05, 4.69) is 5.32 Å². The molecule has 3 aliphatic rings. The normalized spacial score (nSPS) is 29.5. The maximum atomic E-state index is 14.0. The van der Waals surface area contributed by atoms with Gasteiger partial charge in [-0.1, -0.05) is 20.8 Å². The molecule has 0 aliphatic heterocycles. The average Bonchev–Trinajstić information content (AvgIpc) is 2.84. The number of primary amides is 1. The number of benzene rings is 1. The number of hydrogen-bond donors (Lipinski definition) is 4. The van der Waals surface area contributed by atoms with Gasteiger partial charge in [-0.05, 0) is 44.5 Å². The molecule has 6 atom stereocenters. The van der Waals surface area contributed by atoms with Gasteiger partial charge in [0.2, 0.25) is 11.8 Å². The summed E-state index contributed by atoms with van der Waals surface area (Å²) in [7, 11) is 6.60. The van der Waals surface area contributed by atoms with Gasteiger partial charge in [0, 0.05) is 43.2 Å². The third-order valence-electron chi connectivity index (χ3n) is 8.72. The van der Waals surface area contributed by atoms with Gasteiger partial charge in [-0.25, -0.2) is 0 Å². The van der Waals surface area contributed by atoms with Crippen LogP contribution in [0, 0.1) is 29.1 Å². The Balaban J connectivity index is 1.84. The molecule has 1 aromatic rings. The van der Waals surface area contributed by atoms with Gasteiger partial charge in [0.1, 0.15) is 5.75 Å². The minimum atomic E-state index is -2.78. The van der Waals surface area contributed by atoms with Gasteiger partial charge in [-0.2, -0.15) is 0 Å². The highest BCUT2D eigenvalue weighted by Gasteiger charge is 2.69. The summed E-state index contributed by atoms with van der Waals surface area (Å²) in [6.45, 7) is 5.13. The number of rotatable bonds is 5. The molecule has 0 saturated heterocycles. The van der Waals surface area contributed by atoms with Crippen LogP contribution in [-0.4, -0.2) is 89.9 Å². The van der Waals surface area contributed by atoms with Crippen molar-refractivity contribution in [2.75, 3.05) is 33.1 Å². The van der Waals surface area contributed by atoms with E-state index < -0.39 is 75.5 Å². The topological polar surface area (TPSA) is 187 Å². The van der Waals surface area contributed by atoms with Gasteiger partial charge in [0.05, 0.1) is 17.5 Å². The molecule has 12 heteroatoms. The summed E-state index contributed by atoms with van der Waals surface area (Å²) >= 11 is 0. The average molecular weight is 571 g/mol. The van der Waals surface area contributed by atoms with Crippen LogP contribution in [-0.2, 0) is 36.9 Å². The van der Waals surface area contributed by atoms with Gasteiger partial charge < -0.3 is 26.2 Å². The lowest BCUT2D eigenvalue weighted by molar-refractivity contribution is -0.181. The second-order valence-electron chi connectivity index (χ2n) is 12.9. The van der Waals surface area contributed by atoms with Gasteiger partial charge in [-0.15, -0.1) is 0 Å². The van der Waals surface area contributed by atoms with Crippen molar-refractivity contribution in [3.8, 4) is 5.75 Å². The van der Waals surface area contributed by atoms with Crippen molar-refractivity contribution in [2.45, 2.75) is 51.8 Å². The standard InChI is InChI=1S/C29H38N4O8/c1-28(2,3)27(40)31-11-13-10-16(32(4)5)14-8-12-9-15-20(33(6)7)23(36)19(26(30)39)25(38)29(15,41)24(37)17(12)22(35)18(14)21(13)34/h10,12,15,17,19-20,34,41H,8-9,11H2,1-7H3,(H2,30,39)(H,31,40)/t12-,15-,17?,19?,20-,29-/m0/s1. The molecule has 0 bridgehead atoms. The highest BCUT2D eigenvalue weighted by Crippen LogP contribution is 2.52. The zero-order chi connectivity index (χ0) is 30.9. The number of Topliss-reactive ketones (excluding diaryl/α,β-unsaturated/α-hetero) is 4. The first-order chi connectivity index (χ1) is 18.8. The van der Waals surface area contributed by atoms with Gasteiger partial charge in [0.25, 0.3) is 0 Å².